The fraction of sp³-hybridized carbons (Fsp3) is 0.588. The molecular weight excluding hydrogens is 262 g/mol. The number of nitrogens with two attached hydrogens (primary N) is 2. The largest absolute Gasteiger partial charge is 0.399 e. The van der Waals surface area contributed by atoms with Crippen LogP contribution in [0.15, 0.2) is 18.2 Å². The second kappa shape index (κ2) is 6.06. The smallest absolute Gasteiger partial charge is 0.223 e. The van der Waals surface area contributed by atoms with Crippen LogP contribution < -0.4 is 16.8 Å². The van der Waals surface area contributed by atoms with E-state index in [0.717, 1.165) is 44.2 Å². The summed E-state index contributed by atoms with van der Waals surface area (Å²) in [7, 11) is 0. The third-order valence-electron chi connectivity index (χ3n) is 5.10. The Morgan fingerprint density at radius 2 is 2.10 bits per heavy atom. The minimum atomic E-state index is 0.106. The molecule has 1 aromatic rings. The van der Waals surface area contributed by atoms with Gasteiger partial charge in [0.25, 0.3) is 0 Å². The minimum absolute atomic E-state index is 0.106. The van der Waals surface area contributed by atoms with Crippen LogP contribution in [0.1, 0.15) is 49.3 Å². The van der Waals surface area contributed by atoms with Gasteiger partial charge >= 0.3 is 0 Å². The summed E-state index contributed by atoms with van der Waals surface area (Å²) in [5.74, 6) is 0.659. The lowest BCUT2D eigenvalue weighted by molar-refractivity contribution is -0.126. The van der Waals surface area contributed by atoms with E-state index in [1.165, 1.54) is 11.1 Å². The van der Waals surface area contributed by atoms with Gasteiger partial charge in [0.05, 0.1) is 6.04 Å². The Morgan fingerprint density at radius 3 is 2.90 bits per heavy atom. The molecule has 114 valence electrons. The quantitative estimate of drug-likeness (QED) is 0.745. The fourth-order valence-corrected chi connectivity index (χ4v) is 3.93. The summed E-state index contributed by atoms with van der Waals surface area (Å²) in [5, 5.41) is 3.27. The number of aryl methyl sites for hydroxylation is 1. The van der Waals surface area contributed by atoms with E-state index in [9.17, 15) is 4.79 Å². The molecule has 4 heteroatoms. The van der Waals surface area contributed by atoms with E-state index in [-0.39, 0.29) is 17.9 Å². The minimum Gasteiger partial charge on any atom is -0.399 e. The van der Waals surface area contributed by atoms with Gasteiger partial charge in [-0.2, -0.15) is 0 Å². The zero-order valence-electron chi connectivity index (χ0n) is 12.5. The summed E-state index contributed by atoms with van der Waals surface area (Å²) in [6.45, 7) is 0.621. The molecule has 2 aliphatic carbocycles. The monoisotopic (exact) mass is 287 g/mol. The number of carbonyl (C=O) groups is 1. The zero-order valence-corrected chi connectivity index (χ0v) is 12.5. The Hall–Kier alpha value is -1.55. The number of nitrogen functional groups attached to an aromatic ring is 1. The second-order valence-corrected chi connectivity index (χ2v) is 6.44. The Kier molecular flexibility index (Phi) is 4.15. The predicted octanol–water partition coefficient (Wildman–Crippen LogP) is 2.14. The van der Waals surface area contributed by atoms with Crippen molar-refractivity contribution in [2.24, 2.45) is 17.6 Å². The third kappa shape index (κ3) is 2.91. The van der Waals surface area contributed by atoms with Gasteiger partial charge in [0.1, 0.15) is 0 Å². The van der Waals surface area contributed by atoms with Crippen molar-refractivity contribution in [3.8, 4) is 0 Å². The van der Waals surface area contributed by atoms with Gasteiger partial charge in [-0.25, -0.2) is 0 Å². The average Bonchev–Trinajstić information content (AvgIpc) is 2.95. The van der Waals surface area contributed by atoms with Crippen LogP contribution in [0.2, 0.25) is 0 Å². The van der Waals surface area contributed by atoms with Gasteiger partial charge < -0.3 is 16.8 Å². The molecular formula is C17H25N3O. The Labute approximate surface area is 126 Å². The molecule has 1 unspecified atom stereocenters. The standard InChI is InChI=1S/C17H25N3O/c18-10-12-4-1-5-15(12)17(21)20-16-6-2-3-11-9-13(19)7-8-14(11)16/h7-9,12,15-16H,1-6,10,18-19H2,(H,20,21)/t12-,15-,16?/m1/s1. The number of rotatable bonds is 3. The fourth-order valence-electron chi connectivity index (χ4n) is 3.93. The van der Waals surface area contributed by atoms with E-state index in [2.05, 4.69) is 11.4 Å². The first-order valence-corrected chi connectivity index (χ1v) is 8.07. The summed E-state index contributed by atoms with van der Waals surface area (Å²) in [6.07, 6.45) is 6.37. The number of anilines is 1. The van der Waals surface area contributed by atoms with Gasteiger partial charge in [0.2, 0.25) is 5.91 Å². The summed E-state index contributed by atoms with van der Waals surface area (Å²) >= 11 is 0. The molecule has 0 saturated heterocycles. The van der Waals surface area contributed by atoms with Crippen LogP contribution in [0, 0.1) is 11.8 Å². The number of amides is 1. The first kappa shape index (κ1) is 14.4. The lowest BCUT2D eigenvalue weighted by Crippen LogP contribution is -2.38. The van der Waals surface area contributed by atoms with E-state index < -0.39 is 0 Å². The molecule has 1 saturated carbocycles. The third-order valence-corrected chi connectivity index (χ3v) is 5.10. The van der Waals surface area contributed by atoms with Crippen LogP contribution in [-0.4, -0.2) is 12.5 Å². The van der Waals surface area contributed by atoms with Crippen LogP contribution in [0.25, 0.3) is 0 Å². The van der Waals surface area contributed by atoms with Crippen LogP contribution in [0.3, 0.4) is 0 Å². The van der Waals surface area contributed by atoms with Crippen molar-refractivity contribution in [3.63, 3.8) is 0 Å². The summed E-state index contributed by atoms with van der Waals surface area (Å²) < 4.78 is 0. The molecule has 0 radical (unpaired) electrons. The Morgan fingerprint density at radius 1 is 1.24 bits per heavy atom. The normalized spacial score (nSPS) is 28.1. The molecule has 4 nitrogen and oxygen atoms in total. The molecule has 0 bridgehead atoms. The highest BCUT2D eigenvalue weighted by molar-refractivity contribution is 5.80. The van der Waals surface area contributed by atoms with Crippen molar-refractivity contribution in [1.29, 1.82) is 0 Å². The van der Waals surface area contributed by atoms with Crippen LogP contribution in [0.5, 0.6) is 0 Å². The predicted molar refractivity (Wildman–Crippen MR) is 84.6 cm³/mol. The van der Waals surface area contributed by atoms with E-state index in [0.29, 0.717) is 12.5 Å². The maximum Gasteiger partial charge on any atom is 0.223 e. The lowest BCUT2D eigenvalue weighted by Gasteiger charge is -2.28. The van der Waals surface area contributed by atoms with Gasteiger partial charge in [-0.05, 0) is 67.8 Å². The summed E-state index contributed by atoms with van der Waals surface area (Å²) in [6, 6.07) is 6.19. The van der Waals surface area contributed by atoms with E-state index >= 15 is 0 Å². The highest BCUT2D eigenvalue weighted by Gasteiger charge is 2.33. The van der Waals surface area contributed by atoms with E-state index in [1.807, 2.05) is 12.1 Å². The van der Waals surface area contributed by atoms with Crippen molar-refractivity contribution >= 4 is 11.6 Å². The highest BCUT2D eigenvalue weighted by Crippen LogP contribution is 2.34. The molecule has 1 fully saturated rings. The molecule has 1 amide bonds. The van der Waals surface area contributed by atoms with Crippen LogP contribution >= 0.6 is 0 Å². The number of hydrogen-bond donors (Lipinski definition) is 3. The zero-order chi connectivity index (χ0) is 14.8. The van der Waals surface area contributed by atoms with E-state index in [1.54, 1.807) is 0 Å². The van der Waals surface area contributed by atoms with Crippen molar-refractivity contribution < 1.29 is 4.79 Å². The van der Waals surface area contributed by atoms with Crippen molar-refractivity contribution in [1.82, 2.24) is 5.32 Å². The number of fused-ring (bicyclic) bond motifs is 1. The first-order chi connectivity index (χ1) is 10.2. The number of hydrogen-bond acceptors (Lipinski definition) is 3. The van der Waals surface area contributed by atoms with Crippen molar-refractivity contribution in [2.45, 2.75) is 44.6 Å². The van der Waals surface area contributed by atoms with E-state index in [4.69, 9.17) is 11.5 Å². The molecule has 5 N–H and O–H groups in total. The SMILES string of the molecule is NC[C@H]1CCC[C@H]1C(=O)NC1CCCc2cc(N)ccc21. The van der Waals surface area contributed by atoms with Crippen LogP contribution in [-0.2, 0) is 11.2 Å². The molecule has 0 aromatic heterocycles. The maximum atomic E-state index is 12.6. The van der Waals surface area contributed by atoms with Gasteiger partial charge in [0, 0.05) is 11.6 Å². The Bertz CT molecular complexity index is 529. The molecule has 3 rings (SSSR count). The molecule has 0 heterocycles. The van der Waals surface area contributed by atoms with Gasteiger partial charge in [-0.3, -0.25) is 4.79 Å². The molecule has 3 atom stereocenters. The van der Waals surface area contributed by atoms with Gasteiger partial charge in [-0.15, -0.1) is 0 Å². The molecule has 2 aliphatic rings. The second-order valence-electron chi connectivity index (χ2n) is 6.44. The molecule has 1 aromatic carbocycles. The van der Waals surface area contributed by atoms with Crippen LogP contribution in [0.4, 0.5) is 5.69 Å². The summed E-state index contributed by atoms with van der Waals surface area (Å²) in [5.41, 5.74) is 15.0. The number of carbonyl (C=O) groups excluding carboxylic acids is 1. The first-order valence-electron chi connectivity index (χ1n) is 8.07. The van der Waals surface area contributed by atoms with Crippen molar-refractivity contribution in [3.05, 3.63) is 29.3 Å². The molecule has 0 aliphatic heterocycles. The highest BCUT2D eigenvalue weighted by atomic mass is 16.2. The van der Waals surface area contributed by atoms with Gasteiger partial charge in [0.15, 0.2) is 0 Å². The molecule has 21 heavy (non-hydrogen) atoms. The maximum absolute atomic E-state index is 12.6. The number of benzene rings is 1. The lowest BCUT2D eigenvalue weighted by atomic mass is 9.86. The summed E-state index contributed by atoms with van der Waals surface area (Å²) in [4.78, 5) is 12.6. The van der Waals surface area contributed by atoms with Gasteiger partial charge in [-0.1, -0.05) is 12.5 Å². The average molecular weight is 287 g/mol. The van der Waals surface area contributed by atoms with Crippen molar-refractivity contribution in [2.75, 3.05) is 12.3 Å². The number of nitrogens with one attached hydrogen (secondary N) is 1. The topological polar surface area (TPSA) is 81.1 Å². The molecule has 0 spiro atoms. The Balaban J connectivity index is 1.73.